The molecule has 2 aromatic rings. The summed E-state index contributed by atoms with van der Waals surface area (Å²) < 4.78 is 0. The Morgan fingerprint density at radius 2 is 2.05 bits per heavy atom. The fourth-order valence-corrected chi connectivity index (χ4v) is 2.83. The van der Waals surface area contributed by atoms with Gasteiger partial charge in [-0.3, -0.25) is 4.79 Å². The summed E-state index contributed by atoms with van der Waals surface area (Å²) in [6.07, 6.45) is 0. The summed E-state index contributed by atoms with van der Waals surface area (Å²) in [5.74, 6) is -0.0664. The van der Waals surface area contributed by atoms with E-state index in [1.54, 1.807) is 17.4 Å². The highest BCUT2D eigenvalue weighted by Gasteiger charge is 2.06. The van der Waals surface area contributed by atoms with Crippen molar-refractivity contribution in [1.82, 2.24) is 5.32 Å². The largest absolute Gasteiger partial charge is 0.325 e. The first-order chi connectivity index (χ1) is 9.56. The second-order valence-corrected chi connectivity index (χ2v) is 5.87. The van der Waals surface area contributed by atoms with Crippen molar-refractivity contribution in [2.45, 2.75) is 20.4 Å². The number of anilines is 1. The van der Waals surface area contributed by atoms with Crippen LogP contribution in [0.4, 0.5) is 5.69 Å². The van der Waals surface area contributed by atoms with Gasteiger partial charge in [0.15, 0.2) is 0 Å². The Morgan fingerprint density at radius 1 is 1.25 bits per heavy atom. The number of benzene rings is 1. The summed E-state index contributed by atoms with van der Waals surface area (Å²) in [6, 6.07) is 5.46. The molecule has 0 spiro atoms. The lowest BCUT2D eigenvalue weighted by atomic mass is 10.2. The van der Waals surface area contributed by atoms with Gasteiger partial charge in [-0.2, -0.15) is 11.3 Å². The van der Waals surface area contributed by atoms with Gasteiger partial charge < -0.3 is 10.6 Å². The summed E-state index contributed by atoms with van der Waals surface area (Å²) >= 11 is 7.60. The van der Waals surface area contributed by atoms with Crippen molar-refractivity contribution in [2.75, 3.05) is 11.9 Å². The maximum absolute atomic E-state index is 11.9. The number of thiophene rings is 1. The zero-order valence-corrected chi connectivity index (χ0v) is 13.1. The van der Waals surface area contributed by atoms with Crippen LogP contribution in [-0.4, -0.2) is 12.5 Å². The van der Waals surface area contributed by atoms with Crippen molar-refractivity contribution >= 4 is 34.5 Å². The fourth-order valence-electron chi connectivity index (χ4n) is 1.80. The standard InChI is InChI=1S/C15H17ClN2OS/c1-10-3-4-13(16)5-14(10)18-15(19)7-17-6-12-9-20-8-11(12)2/h3-5,8-9,17H,6-7H2,1-2H3,(H,18,19). The van der Waals surface area contributed by atoms with Gasteiger partial charge in [-0.25, -0.2) is 0 Å². The molecular weight excluding hydrogens is 292 g/mol. The molecule has 1 amide bonds. The van der Waals surface area contributed by atoms with Gasteiger partial charge in [0, 0.05) is 17.3 Å². The molecule has 0 radical (unpaired) electrons. The maximum atomic E-state index is 11.9. The van der Waals surface area contributed by atoms with Crippen LogP contribution in [0, 0.1) is 13.8 Å². The molecule has 0 aliphatic rings. The fraction of sp³-hybridized carbons (Fsp3) is 0.267. The number of amides is 1. The van der Waals surface area contributed by atoms with Crippen molar-refractivity contribution in [1.29, 1.82) is 0 Å². The summed E-state index contributed by atoms with van der Waals surface area (Å²) in [5, 5.41) is 10.8. The van der Waals surface area contributed by atoms with E-state index < -0.39 is 0 Å². The van der Waals surface area contributed by atoms with Crippen molar-refractivity contribution in [3.63, 3.8) is 0 Å². The molecule has 0 fully saturated rings. The molecule has 5 heteroatoms. The summed E-state index contributed by atoms with van der Waals surface area (Å²) in [7, 11) is 0. The third-order valence-corrected chi connectivity index (χ3v) is 4.18. The first-order valence-electron chi connectivity index (χ1n) is 6.34. The van der Waals surface area contributed by atoms with Crippen LogP contribution in [0.3, 0.4) is 0 Å². The van der Waals surface area contributed by atoms with Gasteiger partial charge >= 0.3 is 0 Å². The number of carbonyl (C=O) groups excluding carboxylic acids is 1. The second-order valence-electron chi connectivity index (χ2n) is 4.69. The number of halogens is 1. The van der Waals surface area contributed by atoms with Gasteiger partial charge in [-0.1, -0.05) is 17.7 Å². The molecule has 0 unspecified atom stereocenters. The number of hydrogen-bond acceptors (Lipinski definition) is 3. The monoisotopic (exact) mass is 308 g/mol. The molecule has 0 aliphatic heterocycles. The number of hydrogen-bond donors (Lipinski definition) is 2. The van der Waals surface area contributed by atoms with Crippen LogP contribution >= 0.6 is 22.9 Å². The third kappa shape index (κ3) is 4.07. The van der Waals surface area contributed by atoms with Crippen LogP contribution in [0.15, 0.2) is 29.0 Å². The Balaban J connectivity index is 1.84. The van der Waals surface area contributed by atoms with E-state index in [1.807, 2.05) is 19.1 Å². The van der Waals surface area contributed by atoms with E-state index in [0.29, 0.717) is 11.6 Å². The van der Waals surface area contributed by atoms with E-state index in [1.165, 1.54) is 11.1 Å². The van der Waals surface area contributed by atoms with Crippen LogP contribution in [0.2, 0.25) is 5.02 Å². The van der Waals surface area contributed by atoms with Gasteiger partial charge in [0.1, 0.15) is 0 Å². The molecule has 106 valence electrons. The van der Waals surface area contributed by atoms with E-state index in [-0.39, 0.29) is 12.5 Å². The zero-order chi connectivity index (χ0) is 14.5. The molecule has 0 saturated heterocycles. The van der Waals surface area contributed by atoms with Crippen molar-refractivity contribution in [3.8, 4) is 0 Å². The van der Waals surface area contributed by atoms with E-state index in [4.69, 9.17) is 11.6 Å². The molecular formula is C15H17ClN2OS. The molecule has 3 nitrogen and oxygen atoms in total. The highest BCUT2D eigenvalue weighted by atomic mass is 35.5. The normalized spacial score (nSPS) is 10.6. The Kier molecular flexibility index (Phi) is 5.17. The number of carbonyl (C=O) groups is 1. The van der Waals surface area contributed by atoms with Gasteiger partial charge in [0.25, 0.3) is 0 Å². The van der Waals surface area contributed by atoms with Crippen LogP contribution in [0.5, 0.6) is 0 Å². The molecule has 0 atom stereocenters. The molecule has 1 heterocycles. The average Bonchev–Trinajstić information content (AvgIpc) is 2.80. The lowest BCUT2D eigenvalue weighted by Gasteiger charge is -2.09. The molecule has 2 rings (SSSR count). The van der Waals surface area contributed by atoms with Crippen molar-refractivity contribution < 1.29 is 4.79 Å². The highest BCUT2D eigenvalue weighted by molar-refractivity contribution is 7.08. The van der Waals surface area contributed by atoms with E-state index in [0.717, 1.165) is 11.3 Å². The topological polar surface area (TPSA) is 41.1 Å². The third-order valence-electron chi connectivity index (χ3n) is 3.04. The van der Waals surface area contributed by atoms with Gasteiger partial charge in [0.2, 0.25) is 5.91 Å². The van der Waals surface area contributed by atoms with E-state index >= 15 is 0 Å². The number of rotatable bonds is 5. The molecule has 0 saturated carbocycles. The Morgan fingerprint density at radius 3 is 2.75 bits per heavy atom. The Bertz CT molecular complexity index is 610. The van der Waals surface area contributed by atoms with E-state index in [9.17, 15) is 4.79 Å². The Hall–Kier alpha value is -1.36. The number of nitrogens with one attached hydrogen (secondary N) is 2. The van der Waals surface area contributed by atoms with Crippen molar-refractivity contribution in [2.24, 2.45) is 0 Å². The van der Waals surface area contributed by atoms with Gasteiger partial charge in [-0.15, -0.1) is 0 Å². The minimum atomic E-state index is -0.0664. The summed E-state index contributed by atoms with van der Waals surface area (Å²) in [6.45, 7) is 5.00. The molecule has 0 bridgehead atoms. The first kappa shape index (κ1) is 15.0. The lowest BCUT2D eigenvalue weighted by Crippen LogP contribution is -2.28. The molecule has 0 aliphatic carbocycles. The van der Waals surface area contributed by atoms with Gasteiger partial charge in [0.05, 0.1) is 6.54 Å². The van der Waals surface area contributed by atoms with Crippen LogP contribution in [0.25, 0.3) is 0 Å². The SMILES string of the molecule is Cc1cscc1CNCC(=O)Nc1cc(Cl)ccc1C. The molecule has 2 N–H and O–H groups in total. The quantitative estimate of drug-likeness (QED) is 0.883. The van der Waals surface area contributed by atoms with Crippen LogP contribution < -0.4 is 10.6 Å². The lowest BCUT2D eigenvalue weighted by molar-refractivity contribution is -0.115. The zero-order valence-electron chi connectivity index (χ0n) is 11.5. The second kappa shape index (κ2) is 6.88. The van der Waals surface area contributed by atoms with Crippen LogP contribution in [0.1, 0.15) is 16.7 Å². The first-order valence-corrected chi connectivity index (χ1v) is 7.66. The minimum absolute atomic E-state index is 0.0664. The average molecular weight is 309 g/mol. The number of aryl methyl sites for hydroxylation is 2. The smallest absolute Gasteiger partial charge is 0.238 e. The van der Waals surface area contributed by atoms with Crippen molar-refractivity contribution in [3.05, 3.63) is 50.7 Å². The summed E-state index contributed by atoms with van der Waals surface area (Å²) in [5.41, 5.74) is 4.25. The van der Waals surface area contributed by atoms with E-state index in [2.05, 4.69) is 28.3 Å². The highest BCUT2D eigenvalue weighted by Crippen LogP contribution is 2.20. The van der Waals surface area contributed by atoms with Crippen LogP contribution in [-0.2, 0) is 11.3 Å². The molecule has 1 aromatic heterocycles. The Labute approximate surface area is 128 Å². The predicted octanol–water partition coefficient (Wildman–Crippen LogP) is 3.75. The predicted molar refractivity (Wildman–Crippen MR) is 85.6 cm³/mol. The maximum Gasteiger partial charge on any atom is 0.238 e. The minimum Gasteiger partial charge on any atom is -0.325 e. The van der Waals surface area contributed by atoms with Gasteiger partial charge in [-0.05, 0) is 53.4 Å². The molecule has 20 heavy (non-hydrogen) atoms. The summed E-state index contributed by atoms with van der Waals surface area (Å²) in [4.78, 5) is 11.9. The molecule has 1 aromatic carbocycles.